The molecule has 0 aliphatic carbocycles. The summed E-state index contributed by atoms with van der Waals surface area (Å²) in [7, 11) is 1.50. The molecule has 4 aromatic carbocycles. The molecule has 8 nitrogen and oxygen atoms in total. The zero-order valence-corrected chi connectivity index (χ0v) is 25.3. The van der Waals surface area contributed by atoms with Crippen molar-refractivity contribution in [2.75, 3.05) is 17.7 Å². The molecule has 0 unspecified atom stereocenters. The summed E-state index contributed by atoms with van der Waals surface area (Å²) in [5.41, 5.74) is 9.92. The summed E-state index contributed by atoms with van der Waals surface area (Å²) in [4.78, 5) is 29.6. The summed E-state index contributed by atoms with van der Waals surface area (Å²) in [6.07, 6.45) is 2.43. The van der Waals surface area contributed by atoms with Crippen molar-refractivity contribution in [2.45, 2.75) is 39.0 Å². The summed E-state index contributed by atoms with van der Waals surface area (Å²) in [5.74, 6) is 1.23. The van der Waals surface area contributed by atoms with Crippen molar-refractivity contribution >= 4 is 34.1 Å². The minimum atomic E-state index is -0.488. The molecule has 0 spiro atoms. The monoisotopic (exact) mass is 588 g/mol. The maximum absolute atomic E-state index is 13.3. The van der Waals surface area contributed by atoms with Crippen LogP contribution in [0.5, 0.6) is 17.2 Å². The van der Waals surface area contributed by atoms with Crippen LogP contribution >= 0.6 is 0 Å². The number of methoxy groups -OCH3 is 1. The number of nitrogens with two attached hydrogens (primary N) is 1. The molecule has 0 atom stereocenters. The number of amides is 3. The van der Waals surface area contributed by atoms with E-state index >= 15 is 0 Å². The molecule has 1 heterocycles. The third-order valence-corrected chi connectivity index (χ3v) is 7.23. The van der Waals surface area contributed by atoms with Crippen molar-refractivity contribution in [3.8, 4) is 17.2 Å². The van der Waals surface area contributed by atoms with Crippen LogP contribution in [-0.4, -0.2) is 24.0 Å². The second-order valence-corrected chi connectivity index (χ2v) is 11.6. The van der Waals surface area contributed by atoms with Gasteiger partial charge in [0.25, 0.3) is 0 Å². The molecular formula is C36H36N4O4. The highest BCUT2D eigenvalue weighted by Crippen LogP contribution is 2.37. The first kappa shape index (κ1) is 30.1. The molecule has 44 heavy (non-hydrogen) atoms. The summed E-state index contributed by atoms with van der Waals surface area (Å²) in [6, 6.07) is 28.6. The maximum atomic E-state index is 13.3. The number of hydrogen-bond donors (Lipinski definition) is 3. The van der Waals surface area contributed by atoms with Crippen LogP contribution in [0.2, 0.25) is 0 Å². The van der Waals surface area contributed by atoms with Gasteiger partial charge >= 0.3 is 6.03 Å². The highest BCUT2D eigenvalue weighted by Gasteiger charge is 2.22. The number of rotatable bonds is 9. The van der Waals surface area contributed by atoms with Gasteiger partial charge in [-0.15, -0.1) is 0 Å². The van der Waals surface area contributed by atoms with Gasteiger partial charge in [-0.2, -0.15) is 0 Å². The van der Waals surface area contributed by atoms with E-state index in [1.54, 1.807) is 6.20 Å². The number of anilines is 2. The lowest BCUT2D eigenvalue weighted by Crippen LogP contribution is -2.22. The van der Waals surface area contributed by atoms with Gasteiger partial charge in [0, 0.05) is 40.7 Å². The number of hydrogen-bond acceptors (Lipinski definition) is 5. The van der Waals surface area contributed by atoms with Crippen LogP contribution < -0.4 is 25.8 Å². The van der Waals surface area contributed by atoms with E-state index in [-0.39, 0.29) is 11.8 Å². The molecule has 0 aliphatic rings. The van der Waals surface area contributed by atoms with Gasteiger partial charge in [0.15, 0.2) is 0 Å². The van der Waals surface area contributed by atoms with Crippen molar-refractivity contribution in [3.63, 3.8) is 0 Å². The Bertz CT molecular complexity index is 1810. The van der Waals surface area contributed by atoms with E-state index in [0.29, 0.717) is 40.6 Å². The van der Waals surface area contributed by atoms with Gasteiger partial charge in [0.1, 0.15) is 17.2 Å². The quantitative estimate of drug-likeness (QED) is 0.164. The predicted octanol–water partition coefficient (Wildman–Crippen LogP) is 7.60. The van der Waals surface area contributed by atoms with Gasteiger partial charge in [-0.1, -0.05) is 81.4 Å². The number of fused-ring (bicyclic) bond motifs is 1. The Morgan fingerprint density at radius 2 is 1.55 bits per heavy atom. The number of primary amides is 1. The lowest BCUT2D eigenvalue weighted by molar-refractivity contribution is -0.117. The third-order valence-electron chi connectivity index (χ3n) is 7.23. The Morgan fingerprint density at radius 3 is 2.25 bits per heavy atom. The summed E-state index contributed by atoms with van der Waals surface area (Å²) >= 11 is 0. The highest BCUT2D eigenvalue weighted by molar-refractivity contribution is 6.08. The van der Waals surface area contributed by atoms with E-state index in [9.17, 15) is 9.59 Å². The minimum absolute atomic E-state index is 0.0132. The molecular weight excluding hydrogens is 552 g/mol. The lowest BCUT2D eigenvalue weighted by atomic mass is 9.85. The number of benzene rings is 4. The Morgan fingerprint density at radius 1 is 0.841 bits per heavy atom. The Balaban J connectivity index is 1.39. The highest BCUT2D eigenvalue weighted by atomic mass is 16.5. The number of nitrogens with zero attached hydrogens (tertiary/aromatic N) is 1. The van der Waals surface area contributed by atoms with Crippen molar-refractivity contribution in [2.24, 2.45) is 5.73 Å². The van der Waals surface area contributed by atoms with Crippen LogP contribution in [-0.2, 0) is 23.1 Å². The molecule has 0 aliphatic heterocycles. The van der Waals surface area contributed by atoms with Crippen LogP contribution in [0.25, 0.3) is 10.8 Å². The molecule has 0 radical (unpaired) electrons. The van der Waals surface area contributed by atoms with E-state index in [4.69, 9.17) is 15.2 Å². The molecule has 224 valence electrons. The van der Waals surface area contributed by atoms with Gasteiger partial charge in [0.05, 0.1) is 24.9 Å². The van der Waals surface area contributed by atoms with Gasteiger partial charge in [-0.25, -0.2) is 4.79 Å². The molecule has 0 saturated heterocycles. The summed E-state index contributed by atoms with van der Waals surface area (Å²) in [5, 5.41) is 7.53. The lowest BCUT2D eigenvalue weighted by Gasteiger charge is -2.23. The number of carbonyl (C=O) groups is 2. The smallest absolute Gasteiger partial charge is 0.323 e. The molecule has 3 amide bonds. The number of nitrogens with one attached hydrogen (secondary N) is 2. The number of carbonyl (C=O) groups excluding carboxylic acids is 2. The van der Waals surface area contributed by atoms with Gasteiger partial charge in [-0.3, -0.25) is 9.78 Å². The van der Waals surface area contributed by atoms with E-state index in [2.05, 4.69) is 48.5 Å². The second kappa shape index (κ2) is 12.9. The van der Waals surface area contributed by atoms with Crippen LogP contribution in [0.4, 0.5) is 16.2 Å². The van der Waals surface area contributed by atoms with Crippen molar-refractivity contribution in [3.05, 3.63) is 120 Å². The number of pyridine rings is 1. The summed E-state index contributed by atoms with van der Waals surface area (Å²) in [6.45, 7) is 6.16. The zero-order chi connectivity index (χ0) is 31.3. The molecule has 5 aromatic rings. The minimum Gasteiger partial charge on any atom is -0.494 e. The van der Waals surface area contributed by atoms with Crippen LogP contribution in [0, 0.1) is 0 Å². The maximum Gasteiger partial charge on any atom is 0.323 e. The second-order valence-electron chi connectivity index (χ2n) is 11.6. The number of ether oxygens (including phenoxy) is 2. The normalized spacial score (nSPS) is 11.2. The first-order chi connectivity index (χ1) is 21.1. The Kier molecular flexibility index (Phi) is 8.81. The van der Waals surface area contributed by atoms with Crippen molar-refractivity contribution in [1.82, 2.24) is 4.98 Å². The average molecular weight is 589 g/mol. The average Bonchev–Trinajstić information content (AvgIpc) is 2.98. The van der Waals surface area contributed by atoms with E-state index in [1.807, 2.05) is 78.9 Å². The topological polar surface area (TPSA) is 116 Å². The molecule has 4 N–H and O–H groups in total. The standard InChI is InChI=1S/C36H36N4O4/c1-36(2,3)25-19-24(20-33(37)41)34(43-4)31(21-25)40-35(42)39-30-14-15-32(29-13-9-8-12-28(29)30)44-27-16-17-38-26(22-27)18-23-10-6-5-7-11-23/h5-17,19,21-22H,18,20H2,1-4H3,(H2,37,41)(H2,39,40,42). The van der Waals surface area contributed by atoms with E-state index < -0.39 is 11.9 Å². The molecule has 0 fully saturated rings. The third kappa shape index (κ3) is 7.15. The van der Waals surface area contributed by atoms with Crippen LogP contribution in [0.15, 0.2) is 97.2 Å². The zero-order valence-electron chi connectivity index (χ0n) is 25.3. The van der Waals surface area contributed by atoms with E-state index in [1.165, 1.54) is 12.7 Å². The fourth-order valence-corrected chi connectivity index (χ4v) is 5.07. The van der Waals surface area contributed by atoms with Gasteiger partial charge in [0.2, 0.25) is 5.91 Å². The van der Waals surface area contributed by atoms with Crippen LogP contribution in [0.1, 0.15) is 43.2 Å². The SMILES string of the molecule is COc1c(CC(N)=O)cc(C(C)(C)C)cc1NC(=O)Nc1ccc(Oc2ccnc(Cc3ccccc3)c2)c2ccccc12. The Labute approximate surface area is 257 Å². The molecule has 0 bridgehead atoms. The van der Waals surface area contributed by atoms with Crippen molar-refractivity contribution in [1.29, 1.82) is 0 Å². The van der Waals surface area contributed by atoms with E-state index in [0.717, 1.165) is 22.0 Å². The molecule has 5 rings (SSSR count). The fourth-order valence-electron chi connectivity index (χ4n) is 5.07. The molecule has 1 aromatic heterocycles. The fraction of sp³-hybridized carbons (Fsp3) is 0.194. The first-order valence-electron chi connectivity index (χ1n) is 14.4. The predicted molar refractivity (Wildman–Crippen MR) is 175 cm³/mol. The van der Waals surface area contributed by atoms with Crippen molar-refractivity contribution < 1.29 is 19.1 Å². The molecule has 8 heteroatoms. The van der Waals surface area contributed by atoms with Crippen LogP contribution in [0.3, 0.4) is 0 Å². The Hall–Kier alpha value is -5.37. The first-order valence-corrected chi connectivity index (χ1v) is 14.4. The number of urea groups is 1. The molecule has 0 saturated carbocycles. The largest absolute Gasteiger partial charge is 0.494 e. The summed E-state index contributed by atoms with van der Waals surface area (Å²) < 4.78 is 11.9. The van der Waals surface area contributed by atoms with Gasteiger partial charge in [-0.05, 0) is 40.8 Å². The number of aromatic nitrogens is 1. The van der Waals surface area contributed by atoms with Gasteiger partial charge < -0.3 is 25.8 Å².